The monoisotopic (exact) mass is 431 g/mol. The third-order valence-corrected chi connectivity index (χ3v) is 6.70. The number of aliphatic hydroxyl groups is 1. The number of rotatable bonds is 4. The number of ether oxygens (including phenoxy) is 1. The Morgan fingerprint density at radius 1 is 1.21 bits per heavy atom. The number of benzene rings is 1. The van der Waals surface area contributed by atoms with E-state index in [1.165, 1.54) is 6.07 Å². The van der Waals surface area contributed by atoms with Gasteiger partial charge in [0.25, 0.3) is 5.91 Å². The van der Waals surface area contributed by atoms with Gasteiger partial charge in [-0.3, -0.25) is 9.59 Å². The third kappa shape index (κ3) is 3.84. The van der Waals surface area contributed by atoms with Crippen molar-refractivity contribution < 1.29 is 32.6 Å². The van der Waals surface area contributed by atoms with Gasteiger partial charge in [-0.1, -0.05) is 17.7 Å². The van der Waals surface area contributed by atoms with Gasteiger partial charge < -0.3 is 15.2 Å². The van der Waals surface area contributed by atoms with E-state index in [1.54, 1.807) is 0 Å². The van der Waals surface area contributed by atoms with Gasteiger partial charge in [-0.2, -0.15) is 13.2 Å². The van der Waals surface area contributed by atoms with Gasteiger partial charge in [0.1, 0.15) is 0 Å². The van der Waals surface area contributed by atoms with Crippen LogP contribution >= 0.6 is 11.6 Å². The van der Waals surface area contributed by atoms with E-state index in [1.807, 2.05) is 0 Å². The average molecular weight is 432 g/mol. The predicted molar refractivity (Wildman–Crippen MR) is 98.1 cm³/mol. The number of carbonyl (C=O) groups is 2. The van der Waals surface area contributed by atoms with Crippen LogP contribution in [-0.2, 0) is 20.5 Å². The van der Waals surface area contributed by atoms with Crippen molar-refractivity contribution >= 4 is 29.2 Å². The molecule has 4 bridgehead atoms. The van der Waals surface area contributed by atoms with Gasteiger partial charge in [0.2, 0.25) is 0 Å². The molecule has 4 fully saturated rings. The summed E-state index contributed by atoms with van der Waals surface area (Å²) in [6, 6.07) is 3.18. The van der Waals surface area contributed by atoms with Gasteiger partial charge in [-0.25, -0.2) is 0 Å². The first-order valence-electron chi connectivity index (χ1n) is 9.55. The number of alkyl halides is 3. The van der Waals surface area contributed by atoms with Crippen molar-refractivity contribution in [3.05, 3.63) is 28.8 Å². The number of amides is 1. The lowest BCUT2D eigenvalue weighted by atomic mass is 9.48. The van der Waals surface area contributed by atoms with Gasteiger partial charge in [-0.15, -0.1) is 0 Å². The molecule has 1 amide bonds. The minimum Gasteiger partial charge on any atom is -0.455 e. The van der Waals surface area contributed by atoms with Crippen molar-refractivity contribution in [3.63, 3.8) is 0 Å². The first-order chi connectivity index (χ1) is 13.5. The lowest BCUT2D eigenvalue weighted by molar-refractivity contribution is -0.196. The van der Waals surface area contributed by atoms with E-state index in [0.717, 1.165) is 18.6 Å². The maximum Gasteiger partial charge on any atom is 0.418 e. The number of carbonyl (C=O) groups excluding carboxylic acids is 2. The summed E-state index contributed by atoms with van der Waals surface area (Å²) in [4.78, 5) is 24.9. The summed E-state index contributed by atoms with van der Waals surface area (Å²) in [5, 5.41) is 12.6. The fourth-order valence-electron chi connectivity index (χ4n) is 5.80. The SMILES string of the molecule is O=C(COC(=O)C12C[C@H]3C[C@@H](CC(O)(C3)C1)C2)Nc1c(Cl)cccc1C(F)(F)F. The van der Waals surface area contributed by atoms with E-state index in [2.05, 4.69) is 5.32 Å². The molecule has 4 aliphatic rings. The molecule has 29 heavy (non-hydrogen) atoms. The van der Waals surface area contributed by atoms with Gasteiger partial charge in [0.15, 0.2) is 6.61 Å². The Balaban J connectivity index is 1.42. The van der Waals surface area contributed by atoms with Crippen LogP contribution in [0.3, 0.4) is 0 Å². The fourth-order valence-corrected chi connectivity index (χ4v) is 6.02. The molecule has 2 N–H and O–H groups in total. The van der Waals surface area contributed by atoms with Crippen LogP contribution in [0.2, 0.25) is 5.02 Å². The van der Waals surface area contributed by atoms with Crippen molar-refractivity contribution in [3.8, 4) is 0 Å². The second-order valence-electron chi connectivity index (χ2n) is 8.75. The predicted octanol–water partition coefficient (Wildman–Crippen LogP) is 4.17. The molecule has 5 rings (SSSR count). The Morgan fingerprint density at radius 3 is 2.45 bits per heavy atom. The second-order valence-corrected chi connectivity index (χ2v) is 9.16. The van der Waals surface area contributed by atoms with Gasteiger partial charge in [0.05, 0.1) is 27.3 Å². The van der Waals surface area contributed by atoms with Crippen LogP contribution in [0, 0.1) is 17.3 Å². The van der Waals surface area contributed by atoms with Crippen molar-refractivity contribution in [1.82, 2.24) is 0 Å². The summed E-state index contributed by atoms with van der Waals surface area (Å²) in [5.41, 5.74) is -3.30. The summed E-state index contributed by atoms with van der Waals surface area (Å²) in [7, 11) is 0. The van der Waals surface area contributed by atoms with Crippen LogP contribution in [0.5, 0.6) is 0 Å². The maximum atomic E-state index is 13.1. The topological polar surface area (TPSA) is 75.6 Å². The largest absolute Gasteiger partial charge is 0.455 e. The first kappa shape index (κ1) is 20.5. The molecule has 9 heteroatoms. The molecule has 0 aliphatic heterocycles. The maximum absolute atomic E-state index is 13.1. The van der Waals surface area contributed by atoms with Crippen LogP contribution in [0.25, 0.3) is 0 Å². The molecule has 0 spiro atoms. The summed E-state index contributed by atoms with van der Waals surface area (Å²) in [5.74, 6) is -0.934. The fraction of sp³-hybridized carbons (Fsp3) is 0.600. The Bertz CT molecular complexity index is 843. The zero-order valence-corrected chi connectivity index (χ0v) is 16.3. The molecule has 0 saturated heterocycles. The molecule has 0 radical (unpaired) electrons. The van der Waals surface area contributed by atoms with Crippen LogP contribution in [0.15, 0.2) is 18.2 Å². The number of hydrogen-bond donors (Lipinski definition) is 2. The average Bonchev–Trinajstić information content (AvgIpc) is 2.58. The number of esters is 1. The van der Waals surface area contributed by atoms with Crippen LogP contribution in [0.4, 0.5) is 18.9 Å². The van der Waals surface area contributed by atoms with E-state index >= 15 is 0 Å². The molecule has 4 saturated carbocycles. The lowest BCUT2D eigenvalue weighted by Crippen LogP contribution is -2.58. The minimum atomic E-state index is -4.70. The van der Waals surface area contributed by atoms with Crippen LogP contribution in [0.1, 0.15) is 44.1 Å². The minimum absolute atomic E-state index is 0.261. The molecular formula is C20H21ClF3NO4. The molecule has 0 heterocycles. The van der Waals surface area contributed by atoms with Gasteiger partial charge >= 0.3 is 12.1 Å². The number of anilines is 1. The van der Waals surface area contributed by atoms with Crippen LogP contribution < -0.4 is 5.32 Å². The molecule has 2 atom stereocenters. The highest BCUT2D eigenvalue weighted by molar-refractivity contribution is 6.34. The molecule has 0 unspecified atom stereocenters. The molecule has 0 aromatic heterocycles. The van der Waals surface area contributed by atoms with E-state index in [0.29, 0.717) is 32.1 Å². The van der Waals surface area contributed by atoms with Crippen LogP contribution in [-0.4, -0.2) is 29.2 Å². The molecule has 1 aromatic rings. The summed E-state index contributed by atoms with van der Waals surface area (Å²) >= 11 is 5.82. The van der Waals surface area contributed by atoms with Crippen molar-refractivity contribution in [2.75, 3.05) is 11.9 Å². The van der Waals surface area contributed by atoms with Crippen molar-refractivity contribution in [1.29, 1.82) is 0 Å². The summed E-state index contributed by atoms with van der Waals surface area (Å²) in [6.45, 7) is -0.711. The number of halogens is 4. The molecule has 4 aliphatic carbocycles. The van der Waals surface area contributed by atoms with Gasteiger partial charge in [-0.05, 0) is 62.5 Å². The van der Waals surface area contributed by atoms with E-state index in [9.17, 15) is 27.9 Å². The Morgan fingerprint density at radius 2 is 1.86 bits per heavy atom. The van der Waals surface area contributed by atoms with E-state index in [4.69, 9.17) is 16.3 Å². The highest BCUT2D eigenvalue weighted by Crippen LogP contribution is 2.62. The molecule has 5 nitrogen and oxygen atoms in total. The zero-order valence-electron chi connectivity index (χ0n) is 15.5. The number of hydrogen-bond acceptors (Lipinski definition) is 4. The number of nitrogens with one attached hydrogen (secondary N) is 1. The van der Waals surface area contributed by atoms with E-state index in [-0.39, 0.29) is 16.9 Å². The van der Waals surface area contributed by atoms with E-state index < -0.39 is 46.9 Å². The summed E-state index contributed by atoms with van der Waals surface area (Å²) in [6.07, 6.45) is -0.777. The third-order valence-electron chi connectivity index (χ3n) is 6.38. The quantitative estimate of drug-likeness (QED) is 0.701. The highest BCUT2D eigenvalue weighted by Gasteiger charge is 2.60. The second kappa shape index (κ2) is 6.87. The number of para-hydroxylation sites is 1. The molecular weight excluding hydrogens is 411 g/mol. The van der Waals surface area contributed by atoms with Gasteiger partial charge in [0, 0.05) is 0 Å². The standard InChI is InChI=1S/C20H21ClF3NO4/c21-14-3-1-2-13(20(22,23)24)16(14)25-15(26)9-29-17(27)18-5-11-4-12(6-18)8-19(28,7-11)10-18/h1-3,11-12,28H,4-10H2,(H,25,26)/t11-,12-,18?,19?/m1/s1. The molecule has 158 valence electrons. The highest BCUT2D eigenvalue weighted by atomic mass is 35.5. The zero-order chi connectivity index (χ0) is 21.0. The Labute approximate surface area is 170 Å². The lowest BCUT2D eigenvalue weighted by Gasteiger charge is -2.58. The summed E-state index contributed by atoms with van der Waals surface area (Å²) < 4.78 is 44.6. The first-order valence-corrected chi connectivity index (χ1v) is 9.93. The Kier molecular flexibility index (Phi) is 4.85. The van der Waals surface area contributed by atoms with Crippen molar-refractivity contribution in [2.24, 2.45) is 17.3 Å². The normalized spacial score (nSPS) is 32.9. The smallest absolute Gasteiger partial charge is 0.418 e. The van der Waals surface area contributed by atoms with Crippen molar-refractivity contribution in [2.45, 2.75) is 50.3 Å². The molecule has 1 aromatic carbocycles. The Hall–Kier alpha value is -1.80.